The monoisotopic (exact) mass is 271 g/mol. The predicted molar refractivity (Wildman–Crippen MR) is 65.1 cm³/mol. The Kier molecular flexibility index (Phi) is 4.48. The van der Waals surface area contributed by atoms with Crippen molar-refractivity contribution in [2.24, 2.45) is 5.73 Å². The molecule has 3 heteroatoms. The van der Waals surface area contributed by atoms with Crippen molar-refractivity contribution in [3.8, 4) is 0 Å². The van der Waals surface area contributed by atoms with E-state index in [0.717, 1.165) is 24.0 Å². The second-order valence-electron chi connectivity index (χ2n) is 3.75. The highest BCUT2D eigenvalue weighted by atomic mass is 79.9. The lowest BCUT2D eigenvalue weighted by Crippen LogP contribution is -2.11. The molecule has 0 aliphatic heterocycles. The molecule has 0 radical (unpaired) electrons. The summed E-state index contributed by atoms with van der Waals surface area (Å²) in [6.07, 6.45) is 1.65. The molecule has 0 amide bonds. The maximum atomic E-state index is 13.2. The van der Waals surface area contributed by atoms with Gasteiger partial charge >= 0.3 is 0 Å². The van der Waals surface area contributed by atoms with E-state index < -0.39 is 0 Å². The molecule has 1 rings (SSSR count). The minimum atomic E-state index is -0.265. The van der Waals surface area contributed by atoms with E-state index in [4.69, 9.17) is 5.73 Å². The van der Waals surface area contributed by atoms with Crippen molar-refractivity contribution in [1.82, 2.24) is 0 Å². The van der Waals surface area contributed by atoms with Crippen LogP contribution in [-0.4, -0.2) is 0 Å². The zero-order valence-corrected chi connectivity index (χ0v) is 10.3. The molecule has 1 unspecified atom stereocenters. The maximum absolute atomic E-state index is 13.2. The first-order valence-corrected chi connectivity index (χ1v) is 5.65. The average Bonchev–Trinajstić information content (AvgIpc) is 2.18. The molecule has 2 N–H and O–H groups in total. The highest BCUT2D eigenvalue weighted by molar-refractivity contribution is 9.10. The molecule has 15 heavy (non-hydrogen) atoms. The molecule has 0 aromatic heterocycles. The zero-order chi connectivity index (χ0) is 11.4. The maximum Gasteiger partial charge on any atom is 0.137 e. The van der Waals surface area contributed by atoms with Crippen molar-refractivity contribution in [2.45, 2.75) is 25.8 Å². The molecule has 0 spiro atoms. The number of rotatable bonds is 4. The Balaban J connectivity index is 2.77. The van der Waals surface area contributed by atoms with Crippen LogP contribution in [0.3, 0.4) is 0 Å². The second kappa shape index (κ2) is 5.42. The number of hydrogen-bond donors (Lipinski definition) is 1. The van der Waals surface area contributed by atoms with E-state index in [-0.39, 0.29) is 11.9 Å². The zero-order valence-electron chi connectivity index (χ0n) is 8.76. The topological polar surface area (TPSA) is 26.0 Å². The van der Waals surface area contributed by atoms with Crippen molar-refractivity contribution in [3.63, 3.8) is 0 Å². The fourth-order valence-electron chi connectivity index (χ4n) is 1.36. The van der Waals surface area contributed by atoms with E-state index in [0.29, 0.717) is 4.47 Å². The van der Waals surface area contributed by atoms with Crippen molar-refractivity contribution in [1.29, 1.82) is 0 Å². The van der Waals surface area contributed by atoms with E-state index >= 15 is 0 Å². The SMILES string of the molecule is C=C(C)CCC(N)c1cccc(F)c1Br. The van der Waals surface area contributed by atoms with Gasteiger partial charge in [0.15, 0.2) is 0 Å². The van der Waals surface area contributed by atoms with Crippen LogP contribution in [0.1, 0.15) is 31.4 Å². The molecule has 0 aliphatic rings. The van der Waals surface area contributed by atoms with Gasteiger partial charge in [0.1, 0.15) is 5.82 Å². The van der Waals surface area contributed by atoms with E-state index in [2.05, 4.69) is 22.5 Å². The molecule has 1 aromatic rings. The first-order chi connectivity index (χ1) is 7.02. The fraction of sp³-hybridized carbons (Fsp3) is 0.333. The summed E-state index contributed by atoms with van der Waals surface area (Å²) < 4.78 is 13.7. The molecule has 0 saturated heterocycles. The molecule has 0 bridgehead atoms. The quantitative estimate of drug-likeness (QED) is 0.825. The Hall–Kier alpha value is -0.670. The highest BCUT2D eigenvalue weighted by Crippen LogP contribution is 2.27. The van der Waals surface area contributed by atoms with Crippen LogP contribution >= 0.6 is 15.9 Å². The van der Waals surface area contributed by atoms with Crippen LogP contribution in [0.5, 0.6) is 0 Å². The first-order valence-electron chi connectivity index (χ1n) is 4.86. The average molecular weight is 272 g/mol. The molecular formula is C12H15BrFN. The summed E-state index contributed by atoms with van der Waals surface area (Å²) in [4.78, 5) is 0. The van der Waals surface area contributed by atoms with Crippen molar-refractivity contribution >= 4 is 15.9 Å². The molecular weight excluding hydrogens is 257 g/mol. The smallest absolute Gasteiger partial charge is 0.137 e. The van der Waals surface area contributed by atoms with Crippen LogP contribution in [0.15, 0.2) is 34.8 Å². The Labute approximate surface area is 98.3 Å². The third-order valence-corrected chi connectivity index (χ3v) is 3.10. The second-order valence-corrected chi connectivity index (χ2v) is 4.54. The number of nitrogens with two attached hydrogens (primary N) is 1. The lowest BCUT2D eigenvalue weighted by molar-refractivity contribution is 0.600. The molecule has 82 valence electrons. The van der Waals surface area contributed by atoms with E-state index in [1.807, 2.05) is 13.0 Å². The largest absolute Gasteiger partial charge is 0.324 e. The van der Waals surface area contributed by atoms with Gasteiger partial charge in [-0.05, 0) is 47.3 Å². The summed E-state index contributed by atoms with van der Waals surface area (Å²) in [7, 11) is 0. The predicted octanol–water partition coefficient (Wildman–Crippen LogP) is 3.94. The number of hydrogen-bond acceptors (Lipinski definition) is 1. The third-order valence-electron chi connectivity index (χ3n) is 2.26. The van der Waals surface area contributed by atoms with Crippen molar-refractivity contribution < 1.29 is 4.39 Å². The normalized spacial score (nSPS) is 12.5. The molecule has 0 aliphatic carbocycles. The summed E-state index contributed by atoms with van der Waals surface area (Å²) in [5.41, 5.74) is 7.89. The number of halogens is 2. The Morgan fingerprint density at radius 2 is 2.27 bits per heavy atom. The highest BCUT2D eigenvalue weighted by Gasteiger charge is 2.12. The Morgan fingerprint density at radius 1 is 1.60 bits per heavy atom. The van der Waals surface area contributed by atoms with Gasteiger partial charge in [-0.15, -0.1) is 6.58 Å². The molecule has 0 heterocycles. The minimum absolute atomic E-state index is 0.147. The third kappa shape index (κ3) is 3.43. The van der Waals surface area contributed by atoms with Crippen LogP contribution < -0.4 is 5.73 Å². The van der Waals surface area contributed by atoms with E-state index in [9.17, 15) is 4.39 Å². The standard InChI is InChI=1S/C12H15BrFN/c1-8(2)6-7-11(15)9-4-3-5-10(14)12(9)13/h3-5,11H,1,6-7,15H2,2H3. The van der Waals surface area contributed by atoms with E-state index in [1.165, 1.54) is 6.07 Å². The molecule has 1 aromatic carbocycles. The van der Waals surface area contributed by atoms with E-state index in [1.54, 1.807) is 6.07 Å². The van der Waals surface area contributed by atoms with Crippen molar-refractivity contribution in [2.75, 3.05) is 0 Å². The molecule has 1 atom stereocenters. The molecule has 0 saturated carbocycles. The summed E-state index contributed by atoms with van der Waals surface area (Å²) in [6, 6.07) is 4.79. The summed E-state index contributed by atoms with van der Waals surface area (Å²) in [5.74, 6) is -0.265. The summed E-state index contributed by atoms with van der Waals surface area (Å²) >= 11 is 3.21. The lowest BCUT2D eigenvalue weighted by Gasteiger charge is -2.14. The van der Waals surface area contributed by atoms with Crippen molar-refractivity contribution in [3.05, 3.63) is 46.2 Å². The van der Waals surface area contributed by atoms with Crippen LogP contribution in [0.2, 0.25) is 0 Å². The van der Waals surface area contributed by atoms with Gasteiger partial charge in [-0.1, -0.05) is 17.7 Å². The van der Waals surface area contributed by atoms with Gasteiger partial charge in [-0.25, -0.2) is 4.39 Å². The Morgan fingerprint density at radius 3 is 2.87 bits per heavy atom. The minimum Gasteiger partial charge on any atom is -0.324 e. The number of benzene rings is 1. The Bertz CT molecular complexity index is 363. The van der Waals surface area contributed by atoms with Gasteiger partial charge in [-0.3, -0.25) is 0 Å². The van der Waals surface area contributed by atoms with Crippen LogP contribution in [0.25, 0.3) is 0 Å². The van der Waals surface area contributed by atoms with Gasteiger partial charge in [0.05, 0.1) is 4.47 Å². The number of allylic oxidation sites excluding steroid dienone is 1. The van der Waals surface area contributed by atoms with Gasteiger partial charge in [0, 0.05) is 6.04 Å². The first kappa shape index (κ1) is 12.4. The van der Waals surface area contributed by atoms with Crippen LogP contribution in [0.4, 0.5) is 4.39 Å². The molecule has 0 fully saturated rings. The fourth-order valence-corrected chi connectivity index (χ4v) is 1.92. The summed E-state index contributed by atoms with van der Waals surface area (Å²) in [6.45, 7) is 5.79. The van der Waals surface area contributed by atoms with Gasteiger partial charge in [0.2, 0.25) is 0 Å². The molecule has 1 nitrogen and oxygen atoms in total. The van der Waals surface area contributed by atoms with Crippen LogP contribution in [-0.2, 0) is 0 Å². The van der Waals surface area contributed by atoms with Crippen LogP contribution in [0, 0.1) is 5.82 Å². The summed E-state index contributed by atoms with van der Waals surface area (Å²) in [5, 5.41) is 0. The van der Waals surface area contributed by atoms with Gasteiger partial charge in [-0.2, -0.15) is 0 Å². The van der Waals surface area contributed by atoms with Gasteiger partial charge < -0.3 is 5.73 Å². The lowest BCUT2D eigenvalue weighted by atomic mass is 10.0. The van der Waals surface area contributed by atoms with Gasteiger partial charge in [0.25, 0.3) is 0 Å².